The molecule has 4 nitrogen and oxygen atoms in total. The molecule has 0 saturated carbocycles. The topological polar surface area (TPSA) is 58.2 Å². The van der Waals surface area contributed by atoms with Crippen molar-refractivity contribution in [3.63, 3.8) is 0 Å². The first-order valence-corrected chi connectivity index (χ1v) is 5.92. The van der Waals surface area contributed by atoms with Gasteiger partial charge >= 0.3 is 0 Å². The second kappa shape index (κ2) is 4.57. The average molecular weight is 251 g/mol. The number of hydrogen-bond donors (Lipinski definition) is 2. The lowest BCUT2D eigenvalue weighted by atomic mass is 9.89. The Bertz CT molecular complexity index is 638. The van der Waals surface area contributed by atoms with Crippen LogP contribution in [0.4, 0.5) is 5.69 Å². The number of hydrogen-bond acceptors (Lipinski definition) is 3. The van der Waals surface area contributed by atoms with Crippen LogP contribution in [0.2, 0.25) is 0 Å². The third kappa shape index (κ3) is 2.08. The molecule has 4 heteroatoms. The lowest BCUT2D eigenvalue weighted by Gasteiger charge is -2.20. The van der Waals surface area contributed by atoms with E-state index in [9.17, 15) is 9.59 Å². The zero-order valence-corrected chi connectivity index (χ0v) is 10.0. The number of anilines is 1. The number of nitrogens with one attached hydrogen (secondary N) is 2. The van der Waals surface area contributed by atoms with Crippen LogP contribution in [0.5, 0.6) is 0 Å². The highest BCUT2D eigenvalue weighted by Crippen LogP contribution is 2.24. The number of benzene rings is 2. The van der Waals surface area contributed by atoms with Crippen LogP contribution in [-0.4, -0.2) is 11.7 Å². The summed E-state index contributed by atoms with van der Waals surface area (Å²) in [7, 11) is 0. The predicted octanol–water partition coefficient (Wildman–Crippen LogP) is 1.91. The molecule has 1 heterocycles. The van der Waals surface area contributed by atoms with Gasteiger partial charge in [-0.2, -0.15) is 0 Å². The summed E-state index contributed by atoms with van der Waals surface area (Å²) in [6, 6.07) is 16.9. The SMILES string of the molecule is O=C1NNc2c[c]cc(c2)C(=O)C1c1ccccc1. The van der Waals surface area contributed by atoms with Crippen molar-refractivity contribution in [2.24, 2.45) is 0 Å². The van der Waals surface area contributed by atoms with Gasteiger partial charge in [0.25, 0.3) is 5.91 Å². The van der Waals surface area contributed by atoms with E-state index in [4.69, 9.17) is 0 Å². The van der Waals surface area contributed by atoms with Gasteiger partial charge < -0.3 is 0 Å². The van der Waals surface area contributed by atoms with E-state index in [0.717, 1.165) is 0 Å². The number of rotatable bonds is 1. The van der Waals surface area contributed by atoms with Gasteiger partial charge in [-0.3, -0.25) is 20.4 Å². The maximum absolute atomic E-state index is 12.5. The average Bonchev–Trinajstić information content (AvgIpc) is 2.46. The van der Waals surface area contributed by atoms with Gasteiger partial charge in [0.2, 0.25) is 0 Å². The predicted molar refractivity (Wildman–Crippen MR) is 70.6 cm³/mol. The Labute approximate surface area is 110 Å². The molecule has 1 aliphatic rings. The second-order valence-corrected chi connectivity index (χ2v) is 4.33. The molecule has 19 heavy (non-hydrogen) atoms. The Morgan fingerprint density at radius 3 is 2.58 bits per heavy atom. The van der Waals surface area contributed by atoms with Crippen LogP contribution in [0, 0.1) is 6.07 Å². The molecule has 2 aromatic carbocycles. The highest BCUT2D eigenvalue weighted by atomic mass is 16.2. The molecule has 1 amide bonds. The first-order valence-electron chi connectivity index (χ1n) is 5.92. The Balaban J connectivity index is 2.09. The summed E-state index contributed by atoms with van der Waals surface area (Å²) in [5, 5.41) is 0. The highest BCUT2D eigenvalue weighted by Gasteiger charge is 2.30. The van der Waals surface area contributed by atoms with Crippen LogP contribution in [-0.2, 0) is 4.79 Å². The Kier molecular flexibility index (Phi) is 2.76. The fourth-order valence-corrected chi connectivity index (χ4v) is 2.13. The first-order chi connectivity index (χ1) is 9.25. The van der Waals surface area contributed by atoms with Gasteiger partial charge in [-0.05, 0) is 29.8 Å². The van der Waals surface area contributed by atoms with Crippen LogP contribution in [0.25, 0.3) is 0 Å². The van der Waals surface area contributed by atoms with Gasteiger partial charge in [0.1, 0.15) is 5.92 Å². The molecule has 0 aliphatic carbocycles. The monoisotopic (exact) mass is 251 g/mol. The first kappa shape index (κ1) is 11.5. The molecule has 1 radical (unpaired) electrons. The van der Waals surface area contributed by atoms with Crippen molar-refractivity contribution < 1.29 is 9.59 Å². The van der Waals surface area contributed by atoms with Crippen molar-refractivity contribution in [2.45, 2.75) is 5.92 Å². The zero-order valence-electron chi connectivity index (χ0n) is 10.0. The molecule has 0 saturated heterocycles. The van der Waals surface area contributed by atoms with Gasteiger partial charge in [-0.15, -0.1) is 0 Å². The van der Waals surface area contributed by atoms with E-state index in [-0.39, 0.29) is 11.7 Å². The molecule has 1 unspecified atom stereocenters. The minimum Gasteiger partial charge on any atom is -0.299 e. The minimum atomic E-state index is -0.836. The van der Waals surface area contributed by atoms with Crippen molar-refractivity contribution in [3.05, 3.63) is 65.7 Å². The van der Waals surface area contributed by atoms with E-state index in [1.165, 1.54) is 0 Å². The van der Waals surface area contributed by atoms with Crippen LogP contribution in [0.15, 0.2) is 48.5 Å². The molecule has 1 atom stereocenters. The van der Waals surface area contributed by atoms with Crippen LogP contribution < -0.4 is 10.9 Å². The van der Waals surface area contributed by atoms with Crippen molar-refractivity contribution in [3.8, 4) is 0 Å². The van der Waals surface area contributed by atoms with Crippen molar-refractivity contribution >= 4 is 17.4 Å². The Morgan fingerprint density at radius 2 is 1.79 bits per heavy atom. The molecule has 2 N–H and O–H groups in total. The van der Waals surface area contributed by atoms with Crippen molar-refractivity contribution in [1.82, 2.24) is 5.43 Å². The maximum atomic E-state index is 12.5. The number of hydrazine groups is 1. The van der Waals surface area contributed by atoms with E-state index in [1.807, 2.05) is 18.2 Å². The van der Waals surface area contributed by atoms with Crippen LogP contribution in [0.1, 0.15) is 21.8 Å². The normalized spacial score (nSPS) is 18.0. The van der Waals surface area contributed by atoms with Gasteiger partial charge in [-0.25, -0.2) is 0 Å². The second-order valence-electron chi connectivity index (χ2n) is 4.33. The largest absolute Gasteiger partial charge is 0.299 e. The fourth-order valence-electron chi connectivity index (χ4n) is 2.13. The highest BCUT2D eigenvalue weighted by molar-refractivity contribution is 6.15. The molecule has 0 aromatic heterocycles. The summed E-state index contributed by atoms with van der Waals surface area (Å²) in [6.45, 7) is 0. The maximum Gasteiger partial charge on any atom is 0.253 e. The van der Waals surface area contributed by atoms with Gasteiger partial charge in [0.05, 0.1) is 5.69 Å². The van der Waals surface area contributed by atoms with Crippen LogP contribution in [0.3, 0.4) is 0 Å². The summed E-state index contributed by atoms with van der Waals surface area (Å²) in [4.78, 5) is 24.6. The number of Topliss-reactive ketones (excluding diaryl/α,β-unsaturated/α-hetero) is 1. The zero-order chi connectivity index (χ0) is 13.2. The number of amides is 1. The van der Waals surface area contributed by atoms with Crippen molar-refractivity contribution in [2.75, 3.05) is 5.43 Å². The molecule has 2 aromatic rings. The molecule has 3 rings (SSSR count). The summed E-state index contributed by atoms with van der Waals surface area (Å²) in [6.07, 6.45) is 0. The van der Waals surface area contributed by atoms with Crippen LogP contribution >= 0.6 is 0 Å². The summed E-state index contributed by atoms with van der Waals surface area (Å²) in [5.41, 5.74) is 7.12. The molecule has 2 bridgehead atoms. The summed E-state index contributed by atoms with van der Waals surface area (Å²) >= 11 is 0. The van der Waals surface area contributed by atoms with E-state index in [0.29, 0.717) is 16.8 Å². The third-order valence-corrected chi connectivity index (χ3v) is 3.06. The molecule has 1 aliphatic heterocycles. The summed E-state index contributed by atoms with van der Waals surface area (Å²) < 4.78 is 0. The van der Waals surface area contributed by atoms with Gasteiger partial charge in [0, 0.05) is 5.56 Å². The number of ketones is 1. The summed E-state index contributed by atoms with van der Waals surface area (Å²) in [5.74, 6) is -1.41. The van der Waals surface area contributed by atoms with E-state index in [2.05, 4.69) is 16.9 Å². The lowest BCUT2D eigenvalue weighted by molar-refractivity contribution is -0.121. The Morgan fingerprint density at radius 1 is 1.00 bits per heavy atom. The van der Waals surface area contributed by atoms with E-state index >= 15 is 0 Å². The molecular formula is C15H11N2O2. The molecule has 0 spiro atoms. The molecular weight excluding hydrogens is 240 g/mol. The lowest BCUT2D eigenvalue weighted by Crippen LogP contribution is -2.38. The van der Waals surface area contributed by atoms with E-state index < -0.39 is 5.92 Å². The number of carbonyl (C=O) groups is 2. The minimum absolute atomic E-state index is 0.219. The quantitative estimate of drug-likeness (QED) is 0.761. The smallest absolute Gasteiger partial charge is 0.253 e. The Hall–Kier alpha value is -2.62. The van der Waals surface area contributed by atoms with Gasteiger partial charge in [0.15, 0.2) is 5.78 Å². The van der Waals surface area contributed by atoms with Gasteiger partial charge in [-0.1, -0.05) is 30.3 Å². The van der Waals surface area contributed by atoms with E-state index in [1.54, 1.807) is 30.3 Å². The molecule has 0 fully saturated rings. The molecule has 93 valence electrons. The standard InChI is InChI=1S/C15H11N2O2/c18-14-11-7-4-8-12(9-11)16-17-15(19)13(14)10-5-2-1-3-6-10/h1-3,5-9,13,16H,(H,17,19). The number of carbonyl (C=O) groups excluding carboxylic acids is 2. The third-order valence-electron chi connectivity index (χ3n) is 3.06. The van der Waals surface area contributed by atoms with Crippen molar-refractivity contribution in [1.29, 1.82) is 0 Å². The fraction of sp³-hybridized carbons (Fsp3) is 0.0667. The number of fused-ring (bicyclic) bond motifs is 2.